The number of carbonyl (C=O) groups is 2. The van der Waals surface area contributed by atoms with Gasteiger partial charge in [-0.05, 0) is 42.7 Å². The Morgan fingerprint density at radius 2 is 1.59 bits per heavy atom. The molecule has 2 aromatic carbocycles. The number of nitrogens with one attached hydrogen (secondary N) is 1. The van der Waals surface area contributed by atoms with Crippen LogP contribution in [0, 0.1) is 5.92 Å². The largest absolute Gasteiger partial charge is 0.445 e. The van der Waals surface area contributed by atoms with E-state index in [1.165, 1.54) is 12.8 Å². The molecule has 2 aliphatic rings. The van der Waals surface area contributed by atoms with Crippen LogP contribution in [0.3, 0.4) is 0 Å². The topological polar surface area (TPSA) is 58.6 Å². The van der Waals surface area contributed by atoms with Gasteiger partial charge >= 0.3 is 6.09 Å². The number of likely N-dealkylation sites (tertiary alicyclic amines) is 1. The zero-order valence-electron chi connectivity index (χ0n) is 16.7. The first-order chi connectivity index (χ1) is 14.2. The molecule has 0 bridgehead atoms. The van der Waals surface area contributed by atoms with Gasteiger partial charge in [0.2, 0.25) is 5.91 Å². The molecule has 0 spiro atoms. The maximum absolute atomic E-state index is 13.2. The van der Waals surface area contributed by atoms with Crippen LogP contribution in [0.25, 0.3) is 0 Å². The molecular weight excluding hydrogens is 364 g/mol. The SMILES string of the molecule is O=C(OCc1ccccc1)N1CCC(C(=O)NCC2CC2)(c2ccccc2)CC1. The van der Waals surface area contributed by atoms with Gasteiger partial charge in [-0.15, -0.1) is 0 Å². The number of ether oxygens (including phenoxy) is 1. The molecule has 1 aliphatic carbocycles. The van der Waals surface area contributed by atoms with Crippen LogP contribution in [0.15, 0.2) is 60.7 Å². The Morgan fingerprint density at radius 3 is 2.21 bits per heavy atom. The van der Waals surface area contributed by atoms with Crippen molar-refractivity contribution in [2.75, 3.05) is 19.6 Å². The zero-order chi connectivity index (χ0) is 20.1. The minimum absolute atomic E-state index is 0.0907. The molecule has 1 saturated heterocycles. The number of benzene rings is 2. The van der Waals surface area contributed by atoms with Gasteiger partial charge in [0.1, 0.15) is 6.61 Å². The summed E-state index contributed by atoms with van der Waals surface area (Å²) in [6, 6.07) is 19.7. The van der Waals surface area contributed by atoms with Gasteiger partial charge in [0, 0.05) is 19.6 Å². The second kappa shape index (κ2) is 8.68. The van der Waals surface area contributed by atoms with E-state index in [0.29, 0.717) is 31.8 Å². The Balaban J connectivity index is 1.40. The Kier molecular flexibility index (Phi) is 5.84. The quantitative estimate of drug-likeness (QED) is 0.812. The molecule has 5 nitrogen and oxygen atoms in total. The number of rotatable bonds is 6. The predicted octanol–water partition coefficient (Wildman–Crippen LogP) is 3.88. The highest BCUT2D eigenvalue weighted by Crippen LogP contribution is 2.37. The van der Waals surface area contributed by atoms with Crippen molar-refractivity contribution in [2.45, 2.75) is 37.7 Å². The van der Waals surface area contributed by atoms with Crippen LogP contribution in [0.4, 0.5) is 4.79 Å². The van der Waals surface area contributed by atoms with Crippen LogP contribution in [-0.4, -0.2) is 36.5 Å². The van der Waals surface area contributed by atoms with Crippen LogP contribution < -0.4 is 5.32 Å². The lowest BCUT2D eigenvalue weighted by Gasteiger charge is -2.40. The molecule has 0 radical (unpaired) electrons. The molecule has 152 valence electrons. The summed E-state index contributed by atoms with van der Waals surface area (Å²) in [7, 11) is 0. The van der Waals surface area contributed by atoms with Gasteiger partial charge in [-0.3, -0.25) is 4.79 Å². The van der Waals surface area contributed by atoms with Gasteiger partial charge < -0.3 is 15.0 Å². The fraction of sp³-hybridized carbons (Fsp3) is 0.417. The summed E-state index contributed by atoms with van der Waals surface area (Å²) in [6.07, 6.45) is 3.31. The van der Waals surface area contributed by atoms with E-state index in [-0.39, 0.29) is 18.6 Å². The summed E-state index contributed by atoms with van der Waals surface area (Å²) < 4.78 is 5.48. The fourth-order valence-corrected chi connectivity index (χ4v) is 4.01. The summed E-state index contributed by atoms with van der Waals surface area (Å²) in [6.45, 7) is 2.05. The van der Waals surface area contributed by atoms with Crippen molar-refractivity contribution in [1.29, 1.82) is 0 Å². The second-order valence-corrected chi connectivity index (χ2v) is 8.13. The van der Waals surface area contributed by atoms with Crippen molar-refractivity contribution in [2.24, 2.45) is 5.92 Å². The molecule has 1 heterocycles. The number of nitrogens with zero attached hydrogens (tertiary/aromatic N) is 1. The van der Waals surface area contributed by atoms with Crippen LogP contribution >= 0.6 is 0 Å². The highest BCUT2D eigenvalue weighted by molar-refractivity contribution is 5.88. The van der Waals surface area contributed by atoms with E-state index in [1.807, 2.05) is 60.7 Å². The van der Waals surface area contributed by atoms with Crippen molar-refractivity contribution in [3.63, 3.8) is 0 Å². The first-order valence-electron chi connectivity index (χ1n) is 10.5. The summed E-state index contributed by atoms with van der Waals surface area (Å²) in [5.74, 6) is 0.729. The van der Waals surface area contributed by atoms with Gasteiger partial charge in [0.15, 0.2) is 0 Å². The van der Waals surface area contributed by atoms with E-state index in [2.05, 4.69) is 5.32 Å². The van der Waals surface area contributed by atoms with Crippen molar-refractivity contribution < 1.29 is 14.3 Å². The molecule has 1 saturated carbocycles. The predicted molar refractivity (Wildman–Crippen MR) is 111 cm³/mol. The number of hydrogen-bond donors (Lipinski definition) is 1. The molecule has 4 rings (SSSR count). The van der Waals surface area contributed by atoms with Gasteiger partial charge in [-0.25, -0.2) is 4.79 Å². The lowest BCUT2D eigenvalue weighted by Crippen LogP contribution is -2.53. The van der Waals surface area contributed by atoms with Crippen molar-refractivity contribution >= 4 is 12.0 Å². The number of amides is 2. The van der Waals surface area contributed by atoms with Crippen LogP contribution in [0.1, 0.15) is 36.8 Å². The fourth-order valence-electron chi connectivity index (χ4n) is 4.01. The first-order valence-corrected chi connectivity index (χ1v) is 10.5. The summed E-state index contributed by atoms with van der Waals surface area (Å²) in [5.41, 5.74) is 1.42. The molecule has 1 aliphatic heterocycles. The third-order valence-electron chi connectivity index (χ3n) is 6.09. The minimum Gasteiger partial charge on any atom is -0.445 e. The average Bonchev–Trinajstić information content (AvgIpc) is 3.62. The zero-order valence-corrected chi connectivity index (χ0v) is 16.7. The summed E-state index contributed by atoms with van der Waals surface area (Å²) >= 11 is 0. The lowest BCUT2D eigenvalue weighted by molar-refractivity contribution is -0.128. The van der Waals surface area contributed by atoms with Gasteiger partial charge in [0.05, 0.1) is 5.41 Å². The third kappa shape index (κ3) is 4.61. The summed E-state index contributed by atoms with van der Waals surface area (Å²) in [4.78, 5) is 27.4. The highest BCUT2D eigenvalue weighted by atomic mass is 16.6. The third-order valence-corrected chi connectivity index (χ3v) is 6.09. The molecule has 1 N–H and O–H groups in total. The maximum atomic E-state index is 13.2. The maximum Gasteiger partial charge on any atom is 0.410 e. The van der Waals surface area contributed by atoms with E-state index in [9.17, 15) is 9.59 Å². The van der Waals surface area contributed by atoms with E-state index >= 15 is 0 Å². The van der Waals surface area contributed by atoms with Crippen molar-refractivity contribution in [3.05, 3.63) is 71.8 Å². The Bertz CT molecular complexity index is 826. The summed E-state index contributed by atoms with van der Waals surface area (Å²) in [5, 5.41) is 3.17. The van der Waals surface area contributed by atoms with Gasteiger partial charge in [-0.2, -0.15) is 0 Å². The van der Waals surface area contributed by atoms with Crippen LogP contribution in [0.2, 0.25) is 0 Å². The number of hydrogen-bond acceptors (Lipinski definition) is 3. The molecule has 0 aromatic heterocycles. The van der Waals surface area contributed by atoms with Crippen LogP contribution in [-0.2, 0) is 21.6 Å². The van der Waals surface area contributed by atoms with E-state index in [1.54, 1.807) is 4.90 Å². The molecule has 2 aromatic rings. The second-order valence-electron chi connectivity index (χ2n) is 8.13. The van der Waals surface area contributed by atoms with Gasteiger partial charge in [-0.1, -0.05) is 60.7 Å². The molecule has 2 fully saturated rings. The number of piperidine rings is 1. The Hall–Kier alpha value is -2.82. The van der Waals surface area contributed by atoms with Gasteiger partial charge in [0.25, 0.3) is 0 Å². The van der Waals surface area contributed by atoms with Crippen molar-refractivity contribution in [3.8, 4) is 0 Å². The number of carbonyl (C=O) groups excluding carboxylic acids is 2. The van der Waals surface area contributed by atoms with Crippen LogP contribution in [0.5, 0.6) is 0 Å². The molecular formula is C24H28N2O3. The Labute approximate surface area is 172 Å². The first kappa shape index (κ1) is 19.5. The highest BCUT2D eigenvalue weighted by Gasteiger charge is 2.44. The monoisotopic (exact) mass is 392 g/mol. The van der Waals surface area contributed by atoms with E-state index < -0.39 is 5.41 Å². The van der Waals surface area contributed by atoms with E-state index in [4.69, 9.17) is 4.74 Å². The lowest BCUT2D eigenvalue weighted by atomic mass is 9.72. The smallest absolute Gasteiger partial charge is 0.410 e. The molecule has 5 heteroatoms. The molecule has 2 amide bonds. The standard InChI is InChI=1S/C24H28N2O3/c27-22(25-17-19-11-12-19)24(21-9-5-2-6-10-21)13-15-26(16-14-24)23(28)29-18-20-7-3-1-4-8-20/h1-10,19H,11-18H2,(H,25,27). The Morgan fingerprint density at radius 1 is 0.966 bits per heavy atom. The molecule has 0 atom stereocenters. The molecule has 29 heavy (non-hydrogen) atoms. The average molecular weight is 392 g/mol. The van der Waals surface area contributed by atoms with E-state index in [0.717, 1.165) is 17.7 Å². The van der Waals surface area contributed by atoms with Crippen molar-refractivity contribution in [1.82, 2.24) is 10.2 Å². The normalized spacial score (nSPS) is 18.1. The molecule has 0 unspecified atom stereocenters. The minimum atomic E-state index is -0.577.